The number of nitrogen functional groups attached to an aromatic ring is 1. The Bertz CT molecular complexity index is 1620. The van der Waals surface area contributed by atoms with Crippen molar-refractivity contribution in [2.45, 2.75) is 50.9 Å². The third-order valence-electron chi connectivity index (χ3n) is 6.58. The van der Waals surface area contributed by atoms with Crippen molar-refractivity contribution >= 4 is 64.4 Å². The van der Waals surface area contributed by atoms with Crippen molar-refractivity contribution in [3.63, 3.8) is 0 Å². The van der Waals surface area contributed by atoms with Crippen LogP contribution in [0.1, 0.15) is 26.5 Å². The lowest BCUT2D eigenvalue weighted by Gasteiger charge is -2.30. The molecule has 0 bridgehead atoms. The van der Waals surface area contributed by atoms with Crippen LogP contribution >= 0.6 is 35.6 Å². The molecule has 3 heterocycles. The van der Waals surface area contributed by atoms with Gasteiger partial charge < -0.3 is 50.9 Å². The van der Waals surface area contributed by atoms with Crippen molar-refractivity contribution in [3.05, 3.63) is 12.7 Å². The van der Waals surface area contributed by atoms with Crippen molar-refractivity contribution in [2.24, 2.45) is 5.41 Å². The number of fused-ring (bicyclic) bond motifs is 1. The van der Waals surface area contributed by atoms with E-state index in [0.29, 0.717) is 0 Å². The number of nitrogens with one attached hydrogen (secondary N) is 2. The Balaban J connectivity index is 1.59. The number of hydrogen-bond acceptors (Lipinski definition) is 17. The molecule has 23 nitrogen and oxygen atoms in total. The lowest BCUT2D eigenvalue weighted by Crippen LogP contribution is -2.46. The van der Waals surface area contributed by atoms with Gasteiger partial charge in [-0.3, -0.25) is 27.7 Å². The highest BCUT2D eigenvalue weighted by Crippen LogP contribution is 2.61. The summed E-state index contributed by atoms with van der Waals surface area (Å²) < 4.78 is 73.7. The Labute approximate surface area is 280 Å². The fraction of sp³-hybridized carbons (Fsp3) is 0.667. The first-order chi connectivity index (χ1) is 22.7. The molecular formula is C21H35FN7O16P3S. The number of halogens is 1. The van der Waals surface area contributed by atoms with Gasteiger partial charge in [0, 0.05) is 42.8 Å². The second kappa shape index (κ2) is 16.9. The van der Waals surface area contributed by atoms with Gasteiger partial charge in [-0.2, -0.15) is 8.20 Å². The summed E-state index contributed by atoms with van der Waals surface area (Å²) >= 11 is 0.0343. The maximum Gasteiger partial charge on any atom is 0.481 e. The molecule has 49 heavy (non-hydrogen) atoms. The van der Waals surface area contributed by atoms with E-state index in [0.717, 1.165) is 17.2 Å². The third kappa shape index (κ3) is 11.9. The van der Waals surface area contributed by atoms with Crippen LogP contribution in [0.5, 0.6) is 0 Å². The summed E-state index contributed by atoms with van der Waals surface area (Å²) in [6.07, 6.45) is -6.94. The van der Waals surface area contributed by atoms with Crippen LogP contribution in [0.3, 0.4) is 0 Å². The summed E-state index contributed by atoms with van der Waals surface area (Å²) in [6.45, 7) is 0.304. The van der Waals surface area contributed by atoms with E-state index in [4.69, 9.17) is 19.5 Å². The molecule has 1 aliphatic heterocycles. The van der Waals surface area contributed by atoms with E-state index in [2.05, 4.69) is 34.4 Å². The number of aliphatic hydroxyl groups is 2. The molecule has 0 spiro atoms. The number of phosphoric ester groups is 3. The average molecular weight is 786 g/mol. The van der Waals surface area contributed by atoms with E-state index < -0.39 is 84.6 Å². The van der Waals surface area contributed by atoms with Crippen LogP contribution in [0, 0.1) is 5.41 Å². The molecular weight excluding hydrogens is 750 g/mol. The number of imidazole rings is 1. The summed E-state index contributed by atoms with van der Waals surface area (Å²) in [5.74, 6) is -1.49. The van der Waals surface area contributed by atoms with Gasteiger partial charge in [-0.05, 0) is 0 Å². The molecule has 1 fully saturated rings. The number of nitrogens with zero attached hydrogens (tertiary/aromatic N) is 4. The van der Waals surface area contributed by atoms with Gasteiger partial charge in [0.1, 0.15) is 36.3 Å². The van der Waals surface area contributed by atoms with Crippen molar-refractivity contribution in [3.8, 4) is 0 Å². The largest absolute Gasteiger partial charge is 0.481 e. The van der Waals surface area contributed by atoms with Crippen molar-refractivity contribution in [2.75, 3.05) is 37.8 Å². The molecule has 0 aliphatic carbocycles. The molecule has 2 unspecified atom stereocenters. The van der Waals surface area contributed by atoms with E-state index in [1.54, 1.807) is 0 Å². The van der Waals surface area contributed by atoms with Gasteiger partial charge >= 0.3 is 23.5 Å². The molecule has 2 aromatic rings. The Kier molecular flexibility index (Phi) is 14.2. The number of carbonyl (C=O) groups excluding carboxylic acids is 2. The molecule has 3 rings (SSSR count). The molecule has 278 valence electrons. The number of amides is 2. The van der Waals surface area contributed by atoms with Crippen molar-refractivity contribution in [1.29, 1.82) is 0 Å². The molecule has 2 amide bonds. The number of anilines is 1. The van der Waals surface area contributed by atoms with Gasteiger partial charge in [-0.15, -0.1) is 0 Å². The van der Waals surface area contributed by atoms with Gasteiger partial charge in [-0.1, -0.05) is 13.8 Å². The van der Waals surface area contributed by atoms with E-state index in [-0.39, 0.29) is 54.4 Å². The first kappa shape index (κ1) is 41.2. The fourth-order valence-corrected chi connectivity index (χ4v) is 7.18. The first-order valence-electron chi connectivity index (χ1n) is 13.8. The summed E-state index contributed by atoms with van der Waals surface area (Å²) in [5.41, 5.74) is 4.24. The number of hydrogen-bond donors (Lipinski definition) is 9. The average Bonchev–Trinajstić information content (AvgIpc) is 3.55. The SMILES string of the molecule is CC(C)(COP(=O)(O)OP(=O)(O)OC[C@H]1O[C@@H](n2cnc3c(N)ncnc32)[C@H](O)[C@@H]1OP(=O)(O)O)[C@@H](O)C(=O)NCCC(=O)NCCSF. The first-order valence-corrected chi connectivity index (χ1v) is 19.2. The number of rotatable bonds is 19. The summed E-state index contributed by atoms with van der Waals surface area (Å²) in [6, 6.07) is 0. The number of aliphatic hydroxyl groups excluding tert-OH is 2. The smallest absolute Gasteiger partial charge is 0.386 e. The van der Waals surface area contributed by atoms with E-state index in [9.17, 15) is 57.0 Å². The number of phosphoric acid groups is 3. The lowest BCUT2D eigenvalue weighted by molar-refractivity contribution is -0.137. The zero-order valence-electron chi connectivity index (χ0n) is 25.5. The van der Waals surface area contributed by atoms with Gasteiger partial charge in [-0.25, -0.2) is 28.6 Å². The molecule has 2 aromatic heterocycles. The van der Waals surface area contributed by atoms with E-state index in [1.807, 2.05) is 0 Å². The fourth-order valence-electron chi connectivity index (χ4n) is 4.17. The number of carbonyl (C=O) groups is 2. The zero-order chi connectivity index (χ0) is 36.8. The molecule has 7 atom stereocenters. The van der Waals surface area contributed by atoms with Gasteiger partial charge in [0.2, 0.25) is 11.8 Å². The summed E-state index contributed by atoms with van der Waals surface area (Å²) in [5, 5.41) is 25.9. The highest BCUT2D eigenvalue weighted by atomic mass is 32.2. The lowest BCUT2D eigenvalue weighted by atomic mass is 9.87. The third-order valence-corrected chi connectivity index (χ3v) is 10.0. The maximum atomic E-state index is 12.6. The Morgan fingerprint density at radius 3 is 2.45 bits per heavy atom. The Morgan fingerprint density at radius 1 is 1.12 bits per heavy atom. The highest BCUT2D eigenvalue weighted by Gasteiger charge is 2.50. The zero-order valence-corrected chi connectivity index (χ0v) is 29.0. The second-order valence-corrected chi connectivity index (χ2v) is 15.7. The molecule has 0 saturated carbocycles. The van der Waals surface area contributed by atoms with Gasteiger partial charge in [0.05, 0.1) is 19.5 Å². The summed E-state index contributed by atoms with van der Waals surface area (Å²) in [7, 11) is -16.4. The van der Waals surface area contributed by atoms with Crippen LogP contribution in [0.15, 0.2) is 12.7 Å². The van der Waals surface area contributed by atoms with Gasteiger partial charge in [0.25, 0.3) is 0 Å². The summed E-state index contributed by atoms with van der Waals surface area (Å²) in [4.78, 5) is 74.6. The number of nitrogens with two attached hydrogens (primary N) is 1. The van der Waals surface area contributed by atoms with E-state index in [1.165, 1.54) is 13.8 Å². The standard InChI is InChI=1S/C21H35FN7O16P3S/c1-21(2,16(32)19(33)25-4-3-12(30)24-5-6-49-22)8-42-48(39,40)45-47(37,38)41-7-11-15(44-46(34,35)36)14(31)20(43-11)29-10-28-13-17(23)26-9-27-18(13)29/h9-11,14-16,20,31-32H,3-8H2,1-2H3,(H,24,30)(H,25,33)(H,37,38)(H,39,40)(H2,23,26,27)(H2,34,35,36)/t11-,14-,15-,16+,20-/m1/s1. The predicted molar refractivity (Wildman–Crippen MR) is 163 cm³/mol. The van der Waals surface area contributed by atoms with Crippen LogP contribution in [0.2, 0.25) is 0 Å². The van der Waals surface area contributed by atoms with Crippen molar-refractivity contribution < 1.29 is 79.6 Å². The minimum atomic E-state index is -5.56. The minimum Gasteiger partial charge on any atom is -0.386 e. The number of ether oxygens (including phenoxy) is 1. The monoisotopic (exact) mass is 785 g/mol. The van der Waals surface area contributed by atoms with Crippen LogP contribution in [-0.4, -0.2) is 118 Å². The second-order valence-electron chi connectivity index (χ2n) is 10.9. The van der Waals surface area contributed by atoms with Crippen LogP contribution < -0.4 is 16.4 Å². The normalized spacial score (nSPS) is 23.1. The number of aromatic nitrogens is 4. The topological polar surface area (TPSA) is 347 Å². The maximum absolute atomic E-state index is 12.6. The Hall–Kier alpha value is -2.18. The molecule has 28 heteroatoms. The van der Waals surface area contributed by atoms with Crippen molar-refractivity contribution in [1.82, 2.24) is 30.2 Å². The van der Waals surface area contributed by atoms with Crippen LogP contribution in [0.4, 0.5) is 9.70 Å². The quantitative estimate of drug-likeness (QED) is 0.0610. The van der Waals surface area contributed by atoms with E-state index >= 15 is 0 Å². The van der Waals surface area contributed by atoms with Crippen LogP contribution in [-0.2, 0) is 45.9 Å². The minimum absolute atomic E-state index is 0.0291. The Morgan fingerprint density at radius 2 is 1.80 bits per heavy atom. The van der Waals surface area contributed by atoms with Crippen LogP contribution in [0.25, 0.3) is 11.2 Å². The molecule has 0 aromatic carbocycles. The molecule has 1 saturated heterocycles. The predicted octanol–water partition coefficient (Wildman–Crippen LogP) is -0.977. The molecule has 10 N–H and O–H groups in total. The highest BCUT2D eigenvalue weighted by molar-refractivity contribution is 7.94. The molecule has 1 aliphatic rings. The van der Waals surface area contributed by atoms with Gasteiger partial charge in [0.15, 0.2) is 17.7 Å². The molecule has 0 radical (unpaired) electrons.